The van der Waals surface area contributed by atoms with Crippen LogP contribution >= 0.6 is 0 Å². The minimum Gasteiger partial charge on any atom is -0.444 e. The van der Waals surface area contributed by atoms with Crippen LogP contribution in [-0.2, 0) is 29.1 Å². The van der Waals surface area contributed by atoms with E-state index in [9.17, 15) is 27.6 Å². The molecule has 3 aliphatic rings. The minimum atomic E-state index is -3.94. The van der Waals surface area contributed by atoms with Crippen molar-refractivity contribution >= 4 is 33.8 Å². The summed E-state index contributed by atoms with van der Waals surface area (Å²) in [7, 11) is -2.46. The lowest BCUT2D eigenvalue weighted by molar-refractivity contribution is -0.148. The van der Waals surface area contributed by atoms with Crippen LogP contribution in [0, 0.1) is 5.92 Å². The molecule has 4 N–H and O–H groups in total. The highest BCUT2D eigenvalue weighted by Crippen LogP contribution is 2.50. The van der Waals surface area contributed by atoms with Crippen LogP contribution < -0.4 is 15.8 Å². The molecule has 3 rings (SSSR count). The maximum absolute atomic E-state index is 14.0. The molecular weight excluding hydrogens is 550 g/mol. The Morgan fingerprint density at radius 3 is 2.51 bits per heavy atom. The Morgan fingerprint density at radius 1 is 1.20 bits per heavy atom. The number of carbonyl (C=O) groups excluding carboxylic acids is 4. The highest BCUT2D eigenvalue weighted by atomic mass is 32.2. The van der Waals surface area contributed by atoms with E-state index in [-0.39, 0.29) is 25.3 Å². The van der Waals surface area contributed by atoms with Crippen LogP contribution in [0.25, 0.3) is 0 Å². The lowest BCUT2D eigenvalue weighted by atomic mass is 10.0. The highest BCUT2D eigenvalue weighted by molar-refractivity contribution is 7.90. The zero-order valence-corrected chi connectivity index (χ0v) is 26.0. The van der Waals surface area contributed by atoms with Gasteiger partial charge in [0.05, 0.1) is 5.25 Å². The quantitative estimate of drug-likeness (QED) is 0.403. The number of alkyl carbamates (subject to hydrolysis) is 1. The number of amides is 4. The summed E-state index contributed by atoms with van der Waals surface area (Å²) in [5.41, 5.74) is 4.08. The fraction of sp³-hybridized carbons (Fsp3) is 0.786. The van der Waals surface area contributed by atoms with Crippen molar-refractivity contribution in [2.24, 2.45) is 11.7 Å². The number of allylic oxidation sites excluding steroid dienone is 1. The molecule has 2 aliphatic heterocycles. The van der Waals surface area contributed by atoms with E-state index in [1.54, 1.807) is 27.7 Å². The van der Waals surface area contributed by atoms with E-state index in [0.29, 0.717) is 19.3 Å². The predicted molar refractivity (Wildman–Crippen MR) is 154 cm³/mol. The Balaban J connectivity index is 1.93. The van der Waals surface area contributed by atoms with Gasteiger partial charge in [-0.2, -0.15) is 0 Å². The molecule has 0 spiro atoms. The van der Waals surface area contributed by atoms with E-state index in [0.717, 1.165) is 19.3 Å². The molecule has 6 atom stereocenters. The van der Waals surface area contributed by atoms with Gasteiger partial charge in [-0.1, -0.05) is 31.9 Å². The van der Waals surface area contributed by atoms with Gasteiger partial charge >= 0.3 is 6.09 Å². The standard InChI is InChI=1S/C28H47N5O7S/c1-7-18(2)41(38,39)31-25(36)28-16-19(28)13-11-9-8-10-12-14-21(30-26(37)40-27(3,4)5)23(34)33-17-20(29)15-22(33)24(35)32(28)6/h11,13,18-22H,7-10,12,14-17,29H2,1-6H3,(H,30,37)(H,31,36)/b13-11-/t18?,19-,20-,21+,22+,28-/m1/s1. The predicted octanol–water partition coefficient (Wildman–Crippen LogP) is 1.79. The van der Waals surface area contributed by atoms with Gasteiger partial charge in [-0.25, -0.2) is 13.2 Å². The first-order valence-corrected chi connectivity index (χ1v) is 16.1. The second-order valence-electron chi connectivity index (χ2n) is 12.6. The molecule has 13 heteroatoms. The molecule has 41 heavy (non-hydrogen) atoms. The van der Waals surface area contributed by atoms with E-state index in [4.69, 9.17) is 10.5 Å². The van der Waals surface area contributed by atoms with Crippen molar-refractivity contribution in [3.05, 3.63) is 12.2 Å². The van der Waals surface area contributed by atoms with Crippen LogP contribution in [0.4, 0.5) is 4.79 Å². The monoisotopic (exact) mass is 597 g/mol. The third kappa shape index (κ3) is 7.59. The van der Waals surface area contributed by atoms with Crippen LogP contribution in [0.2, 0.25) is 0 Å². The first-order valence-electron chi connectivity index (χ1n) is 14.6. The van der Waals surface area contributed by atoms with Crippen molar-refractivity contribution in [3.8, 4) is 0 Å². The first kappa shape index (κ1) is 32.8. The summed E-state index contributed by atoms with van der Waals surface area (Å²) in [6, 6.07) is -2.35. The largest absolute Gasteiger partial charge is 0.444 e. The SMILES string of the molecule is CCC(C)S(=O)(=O)NC(=O)[C@@]12C[C@H]1/C=C\CCCCC[C@H](NC(=O)OC(C)(C)C)C(=O)N1C[C@H](N)C[C@H]1C(=O)N2C. The molecule has 2 heterocycles. The average molecular weight is 598 g/mol. The summed E-state index contributed by atoms with van der Waals surface area (Å²) >= 11 is 0. The van der Waals surface area contributed by atoms with Gasteiger partial charge in [-0.3, -0.25) is 19.1 Å². The molecule has 2 fully saturated rings. The smallest absolute Gasteiger partial charge is 0.408 e. The molecule has 1 unspecified atom stereocenters. The number of sulfonamides is 1. The summed E-state index contributed by atoms with van der Waals surface area (Å²) in [4.78, 5) is 56.7. The van der Waals surface area contributed by atoms with Crippen molar-refractivity contribution in [2.75, 3.05) is 13.6 Å². The van der Waals surface area contributed by atoms with Crippen molar-refractivity contribution < 1.29 is 32.3 Å². The van der Waals surface area contributed by atoms with E-state index in [1.165, 1.54) is 23.8 Å². The molecule has 1 saturated carbocycles. The first-order chi connectivity index (χ1) is 19.0. The normalized spacial score (nSPS) is 31.2. The Labute approximate surface area is 243 Å². The molecule has 1 saturated heterocycles. The third-order valence-electron chi connectivity index (χ3n) is 8.27. The lowest BCUT2D eigenvalue weighted by Crippen LogP contribution is -2.59. The molecule has 0 aromatic carbocycles. The van der Waals surface area contributed by atoms with E-state index >= 15 is 0 Å². The topological polar surface area (TPSA) is 168 Å². The molecule has 12 nitrogen and oxygen atoms in total. The maximum Gasteiger partial charge on any atom is 0.408 e. The number of likely N-dealkylation sites (N-methyl/N-ethyl adjacent to an activating group) is 1. The van der Waals surface area contributed by atoms with Gasteiger partial charge < -0.3 is 25.6 Å². The molecule has 232 valence electrons. The van der Waals surface area contributed by atoms with Crippen LogP contribution in [0.1, 0.15) is 86.0 Å². The Morgan fingerprint density at radius 2 is 1.88 bits per heavy atom. The Hall–Kier alpha value is -2.67. The zero-order valence-electron chi connectivity index (χ0n) is 25.1. The number of fused-ring (bicyclic) bond motifs is 2. The van der Waals surface area contributed by atoms with Crippen LogP contribution in [0.3, 0.4) is 0 Å². The van der Waals surface area contributed by atoms with Gasteiger partial charge in [0.1, 0.15) is 23.2 Å². The second-order valence-corrected chi connectivity index (χ2v) is 14.7. The van der Waals surface area contributed by atoms with E-state index < -0.39 is 68.4 Å². The van der Waals surface area contributed by atoms with Crippen molar-refractivity contribution in [2.45, 2.75) is 121 Å². The summed E-state index contributed by atoms with van der Waals surface area (Å²) in [6.45, 7) is 8.54. The number of nitrogens with zero attached hydrogens (tertiary/aromatic N) is 2. The summed E-state index contributed by atoms with van der Waals surface area (Å²) in [6.07, 6.45) is 7.27. The van der Waals surface area contributed by atoms with Crippen LogP contribution in [0.5, 0.6) is 0 Å². The molecule has 0 radical (unpaired) electrons. The number of rotatable bonds is 5. The average Bonchev–Trinajstić information content (AvgIpc) is 3.48. The number of carbonyl (C=O) groups is 4. The summed E-state index contributed by atoms with van der Waals surface area (Å²) in [5.74, 6) is -2.05. The Kier molecular flexibility index (Phi) is 10.2. The van der Waals surface area contributed by atoms with Crippen molar-refractivity contribution in [1.29, 1.82) is 0 Å². The van der Waals surface area contributed by atoms with Gasteiger partial charge in [0, 0.05) is 25.6 Å². The number of ether oxygens (including phenoxy) is 1. The van der Waals surface area contributed by atoms with Gasteiger partial charge in [0.15, 0.2) is 0 Å². The highest BCUT2D eigenvalue weighted by Gasteiger charge is 2.64. The maximum atomic E-state index is 14.0. The molecule has 1 aliphatic carbocycles. The minimum absolute atomic E-state index is 0.112. The molecule has 4 amide bonds. The van der Waals surface area contributed by atoms with Crippen LogP contribution in [0.15, 0.2) is 12.2 Å². The van der Waals surface area contributed by atoms with Gasteiger partial charge in [-0.05, 0) is 66.2 Å². The molecule has 0 bridgehead atoms. The zero-order chi connectivity index (χ0) is 30.8. The Bertz CT molecular complexity index is 1150. The fourth-order valence-corrected chi connectivity index (χ4v) is 6.64. The van der Waals surface area contributed by atoms with Crippen molar-refractivity contribution in [3.63, 3.8) is 0 Å². The van der Waals surface area contributed by atoms with Gasteiger partial charge in [0.2, 0.25) is 21.8 Å². The summed E-state index contributed by atoms with van der Waals surface area (Å²) in [5, 5.41) is 1.91. The lowest BCUT2D eigenvalue weighted by Gasteiger charge is -2.34. The molecule has 0 aromatic heterocycles. The fourth-order valence-electron chi connectivity index (χ4n) is 5.56. The van der Waals surface area contributed by atoms with Crippen LogP contribution in [-0.4, -0.2) is 90.1 Å². The van der Waals surface area contributed by atoms with E-state index in [2.05, 4.69) is 10.0 Å². The number of nitrogens with two attached hydrogens (primary N) is 1. The van der Waals surface area contributed by atoms with E-state index in [1.807, 2.05) is 12.2 Å². The third-order valence-corrected chi connectivity index (χ3v) is 10.1. The second kappa shape index (κ2) is 12.7. The molecular formula is C28H47N5O7S. The number of hydrogen-bond donors (Lipinski definition) is 3. The summed E-state index contributed by atoms with van der Waals surface area (Å²) < 4.78 is 33.2. The number of hydrogen-bond acceptors (Lipinski definition) is 8. The van der Waals surface area contributed by atoms with Crippen molar-refractivity contribution in [1.82, 2.24) is 19.8 Å². The number of nitrogens with one attached hydrogen (secondary N) is 2. The van der Waals surface area contributed by atoms with Gasteiger partial charge in [0.25, 0.3) is 5.91 Å². The molecule has 0 aromatic rings. The van der Waals surface area contributed by atoms with Gasteiger partial charge in [-0.15, -0.1) is 0 Å².